The van der Waals surface area contributed by atoms with Crippen LogP contribution in [0, 0.1) is 0 Å². The first kappa shape index (κ1) is 17.1. The molecule has 1 N–H and O–H groups in total. The number of aromatic nitrogens is 4. The molecule has 0 spiro atoms. The number of hydrogen-bond donors (Lipinski definition) is 1. The van der Waals surface area contributed by atoms with Crippen molar-refractivity contribution in [1.29, 1.82) is 0 Å². The first-order chi connectivity index (χ1) is 13.2. The Kier molecular flexibility index (Phi) is 4.53. The Hall–Kier alpha value is -3.29. The third-order valence-electron chi connectivity index (χ3n) is 4.65. The molecule has 0 atom stereocenters. The molecule has 138 valence electrons. The van der Waals surface area contributed by atoms with Gasteiger partial charge in [-0.2, -0.15) is 5.10 Å². The van der Waals surface area contributed by atoms with Gasteiger partial charge >= 0.3 is 0 Å². The number of carbonyl (C=O) groups excluding carboxylic acids is 2. The van der Waals surface area contributed by atoms with Gasteiger partial charge in [0, 0.05) is 25.4 Å². The third kappa shape index (κ3) is 3.38. The van der Waals surface area contributed by atoms with Crippen LogP contribution in [0.2, 0.25) is 0 Å². The second kappa shape index (κ2) is 7.14. The Morgan fingerprint density at radius 1 is 1.19 bits per heavy atom. The number of para-hydroxylation sites is 1. The minimum absolute atomic E-state index is 0.00478. The lowest BCUT2D eigenvalue weighted by atomic mass is 10.1. The van der Waals surface area contributed by atoms with E-state index < -0.39 is 0 Å². The average Bonchev–Trinajstić information content (AvgIpc) is 3.13. The van der Waals surface area contributed by atoms with Crippen molar-refractivity contribution >= 4 is 22.8 Å². The van der Waals surface area contributed by atoms with E-state index in [9.17, 15) is 9.59 Å². The maximum atomic E-state index is 13.1. The molecule has 0 saturated carbocycles. The molecule has 0 radical (unpaired) electrons. The van der Waals surface area contributed by atoms with Gasteiger partial charge < -0.3 is 10.2 Å². The quantitative estimate of drug-likeness (QED) is 0.757. The lowest BCUT2D eigenvalue weighted by Crippen LogP contribution is -2.38. The fourth-order valence-corrected chi connectivity index (χ4v) is 3.24. The van der Waals surface area contributed by atoms with E-state index >= 15 is 0 Å². The van der Waals surface area contributed by atoms with Gasteiger partial charge in [0.05, 0.1) is 42.1 Å². The number of carbonyl (C=O) groups is 2. The highest BCUT2D eigenvalue weighted by Gasteiger charge is 2.25. The lowest BCUT2D eigenvalue weighted by molar-refractivity contribution is -0.120. The number of nitrogens with one attached hydrogen (secondary N) is 1. The van der Waals surface area contributed by atoms with Crippen LogP contribution in [0.4, 0.5) is 0 Å². The van der Waals surface area contributed by atoms with Crippen molar-refractivity contribution in [2.24, 2.45) is 0 Å². The SMILES string of the molecule is CCC(=O)NCc1cc2n(n1)CCN(C(=O)c1cccc3nccnc13)C2. The molecule has 3 heterocycles. The van der Waals surface area contributed by atoms with E-state index in [0.29, 0.717) is 49.2 Å². The topological polar surface area (TPSA) is 93.0 Å². The average molecular weight is 364 g/mol. The predicted octanol–water partition coefficient (Wildman–Crippen LogP) is 1.51. The summed E-state index contributed by atoms with van der Waals surface area (Å²) in [7, 11) is 0. The van der Waals surface area contributed by atoms with Crippen molar-refractivity contribution < 1.29 is 9.59 Å². The molecule has 0 unspecified atom stereocenters. The monoisotopic (exact) mass is 364 g/mol. The molecule has 1 aliphatic heterocycles. The summed E-state index contributed by atoms with van der Waals surface area (Å²) in [6.07, 6.45) is 3.67. The molecule has 3 aromatic rings. The van der Waals surface area contributed by atoms with Crippen LogP contribution in [-0.2, 0) is 24.4 Å². The van der Waals surface area contributed by atoms with Crippen molar-refractivity contribution in [1.82, 2.24) is 30.0 Å². The number of benzene rings is 1. The summed E-state index contributed by atoms with van der Waals surface area (Å²) in [5.41, 5.74) is 3.65. The second-order valence-corrected chi connectivity index (χ2v) is 6.44. The maximum Gasteiger partial charge on any atom is 0.256 e. The van der Waals surface area contributed by atoms with Crippen LogP contribution in [0.25, 0.3) is 11.0 Å². The van der Waals surface area contributed by atoms with Gasteiger partial charge in [0.1, 0.15) is 5.52 Å². The van der Waals surface area contributed by atoms with Gasteiger partial charge in [-0.15, -0.1) is 0 Å². The molecule has 2 amide bonds. The molecular formula is C19H20N6O2. The molecule has 4 rings (SSSR count). The minimum Gasteiger partial charge on any atom is -0.350 e. The summed E-state index contributed by atoms with van der Waals surface area (Å²) >= 11 is 0. The standard InChI is InChI=1S/C19H20N6O2/c1-2-17(26)22-11-13-10-14-12-24(8-9-25(14)23-13)19(27)15-4-3-5-16-18(15)21-7-6-20-16/h3-7,10H,2,8-9,11-12H2,1H3,(H,22,26). The van der Waals surface area contributed by atoms with Crippen LogP contribution in [0.3, 0.4) is 0 Å². The highest BCUT2D eigenvalue weighted by atomic mass is 16.2. The van der Waals surface area contributed by atoms with Crippen LogP contribution >= 0.6 is 0 Å². The Morgan fingerprint density at radius 3 is 2.89 bits per heavy atom. The second-order valence-electron chi connectivity index (χ2n) is 6.44. The molecule has 0 aliphatic carbocycles. The molecule has 2 aromatic heterocycles. The summed E-state index contributed by atoms with van der Waals surface area (Å²) in [6.45, 7) is 3.89. The van der Waals surface area contributed by atoms with Gasteiger partial charge in [-0.05, 0) is 18.2 Å². The number of hydrogen-bond acceptors (Lipinski definition) is 5. The smallest absolute Gasteiger partial charge is 0.256 e. The minimum atomic E-state index is -0.0608. The first-order valence-corrected chi connectivity index (χ1v) is 8.97. The molecule has 1 aliphatic rings. The fourth-order valence-electron chi connectivity index (χ4n) is 3.24. The Bertz CT molecular complexity index is 1010. The Balaban J connectivity index is 1.53. The van der Waals surface area contributed by atoms with Crippen molar-refractivity contribution in [2.45, 2.75) is 33.0 Å². The van der Waals surface area contributed by atoms with Gasteiger partial charge in [0.25, 0.3) is 5.91 Å². The van der Waals surface area contributed by atoms with Gasteiger partial charge in [0.2, 0.25) is 5.91 Å². The summed E-state index contributed by atoms with van der Waals surface area (Å²) < 4.78 is 1.90. The Labute approximate surface area is 156 Å². The summed E-state index contributed by atoms with van der Waals surface area (Å²) in [5.74, 6) is -0.0655. The highest BCUT2D eigenvalue weighted by Crippen LogP contribution is 2.20. The van der Waals surface area contributed by atoms with Gasteiger partial charge in [-0.3, -0.25) is 24.2 Å². The number of nitrogens with zero attached hydrogens (tertiary/aromatic N) is 5. The summed E-state index contributed by atoms with van der Waals surface area (Å²) in [5, 5.41) is 7.34. The first-order valence-electron chi connectivity index (χ1n) is 8.97. The van der Waals surface area contributed by atoms with E-state index in [0.717, 1.165) is 11.4 Å². The summed E-state index contributed by atoms with van der Waals surface area (Å²) in [4.78, 5) is 34.9. The van der Waals surface area contributed by atoms with E-state index in [2.05, 4.69) is 20.4 Å². The normalized spacial score (nSPS) is 13.4. The highest BCUT2D eigenvalue weighted by molar-refractivity contribution is 6.04. The van der Waals surface area contributed by atoms with Gasteiger partial charge in [-0.25, -0.2) is 0 Å². The molecule has 1 aromatic carbocycles. The van der Waals surface area contributed by atoms with Crippen LogP contribution in [0.15, 0.2) is 36.7 Å². The van der Waals surface area contributed by atoms with Gasteiger partial charge in [0.15, 0.2) is 0 Å². The van der Waals surface area contributed by atoms with Crippen molar-refractivity contribution in [3.05, 3.63) is 53.6 Å². The van der Waals surface area contributed by atoms with Crippen LogP contribution in [-0.4, -0.2) is 43.0 Å². The predicted molar refractivity (Wildman–Crippen MR) is 98.6 cm³/mol. The number of rotatable bonds is 4. The molecule has 0 saturated heterocycles. The largest absolute Gasteiger partial charge is 0.350 e. The van der Waals surface area contributed by atoms with Crippen LogP contribution < -0.4 is 5.32 Å². The van der Waals surface area contributed by atoms with Crippen LogP contribution in [0.5, 0.6) is 0 Å². The molecule has 0 fully saturated rings. The van der Waals surface area contributed by atoms with E-state index in [1.165, 1.54) is 0 Å². The third-order valence-corrected chi connectivity index (χ3v) is 4.65. The Morgan fingerprint density at radius 2 is 2.04 bits per heavy atom. The molecular weight excluding hydrogens is 344 g/mol. The van der Waals surface area contributed by atoms with E-state index in [1.807, 2.05) is 29.8 Å². The summed E-state index contributed by atoms with van der Waals surface area (Å²) in [6, 6.07) is 7.41. The molecule has 8 heteroatoms. The van der Waals surface area contributed by atoms with Crippen molar-refractivity contribution in [3.63, 3.8) is 0 Å². The van der Waals surface area contributed by atoms with Gasteiger partial charge in [-0.1, -0.05) is 13.0 Å². The zero-order chi connectivity index (χ0) is 18.8. The van der Waals surface area contributed by atoms with Crippen molar-refractivity contribution in [2.75, 3.05) is 6.54 Å². The number of fused-ring (bicyclic) bond motifs is 2. The fraction of sp³-hybridized carbons (Fsp3) is 0.316. The molecule has 27 heavy (non-hydrogen) atoms. The zero-order valence-corrected chi connectivity index (χ0v) is 15.1. The van der Waals surface area contributed by atoms with E-state index in [-0.39, 0.29) is 11.8 Å². The molecule has 0 bridgehead atoms. The van der Waals surface area contributed by atoms with Crippen molar-refractivity contribution in [3.8, 4) is 0 Å². The van der Waals surface area contributed by atoms with Crippen LogP contribution in [0.1, 0.15) is 35.1 Å². The van der Waals surface area contributed by atoms with E-state index in [1.54, 1.807) is 23.4 Å². The van der Waals surface area contributed by atoms with E-state index in [4.69, 9.17) is 0 Å². The lowest BCUT2D eigenvalue weighted by Gasteiger charge is -2.27. The number of amides is 2. The zero-order valence-electron chi connectivity index (χ0n) is 15.1. The maximum absolute atomic E-state index is 13.1. The molecule has 8 nitrogen and oxygen atoms in total.